The van der Waals surface area contributed by atoms with Crippen molar-refractivity contribution in [3.8, 4) is 28.7 Å². The number of aliphatic imine (C=N–C) groups is 1. The zero-order valence-corrected chi connectivity index (χ0v) is 22.0. The Bertz CT molecular complexity index is 1300. The first kappa shape index (κ1) is 24.4. The van der Waals surface area contributed by atoms with E-state index in [1.165, 1.54) is 56.8 Å². The van der Waals surface area contributed by atoms with E-state index in [1.54, 1.807) is 6.20 Å². The first-order chi connectivity index (χ1) is 17.7. The van der Waals surface area contributed by atoms with Gasteiger partial charge in [0, 0.05) is 35.5 Å². The quantitative estimate of drug-likeness (QED) is 0.515. The molecule has 6 rings (SSSR count). The number of pyridine rings is 2. The van der Waals surface area contributed by atoms with E-state index in [1.807, 2.05) is 6.07 Å². The first-order valence-electron chi connectivity index (χ1n) is 12.6. The molecule has 2 aromatic rings. The predicted octanol–water partition coefficient (Wildman–Crippen LogP) is 5.28. The minimum Gasteiger partial charge on any atom is -0.494 e. The molecule has 7 nitrogen and oxygen atoms in total. The molecule has 2 aliphatic carbocycles. The van der Waals surface area contributed by atoms with Gasteiger partial charge in [-0.3, -0.25) is 10.4 Å². The largest absolute Gasteiger partial charge is 0.494 e. The molecule has 4 fully saturated rings. The van der Waals surface area contributed by atoms with Crippen molar-refractivity contribution in [2.24, 2.45) is 21.7 Å². The second-order valence-electron chi connectivity index (χ2n) is 11.3. The number of hydrogen-bond donors (Lipinski definition) is 2. The molecule has 37 heavy (non-hydrogen) atoms. The zero-order chi connectivity index (χ0) is 25.8. The molecule has 2 aromatic heterocycles. The third-order valence-corrected chi connectivity index (χ3v) is 8.22. The highest BCUT2D eigenvalue weighted by molar-refractivity contribution is 8.14. The van der Waals surface area contributed by atoms with Crippen LogP contribution in [0.1, 0.15) is 51.7 Å². The van der Waals surface area contributed by atoms with Crippen molar-refractivity contribution in [2.45, 2.75) is 51.3 Å². The van der Waals surface area contributed by atoms with Gasteiger partial charge in [-0.15, -0.1) is 0 Å². The molecule has 0 radical (unpaired) electrons. The first-order valence-corrected chi connectivity index (χ1v) is 13.5. The Hall–Kier alpha value is -2.90. The Morgan fingerprint density at radius 2 is 1.92 bits per heavy atom. The number of halogens is 2. The minimum atomic E-state index is -2.69. The Morgan fingerprint density at radius 3 is 2.59 bits per heavy atom. The standard InChI is InChI=1S/C27H30F2N6OS/c1-26(2)12-27(13-26)14-35(15-27)22-9-17(18-8-19(24(28)29)30-11-21(18)36-3)20(10-31-22)32-25-34-33-23(37-25)7-6-16-4-5-16/h8-11,16,23-24,33H,4-5,12-15H2,1-3H3,(H,32,34). The highest BCUT2D eigenvalue weighted by atomic mass is 32.2. The van der Waals surface area contributed by atoms with Crippen LogP contribution in [0.4, 0.5) is 20.3 Å². The maximum absolute atomic E-state index is 13.6. The van der Waals surface area contributed by atoms with E-state index in [9.17, 15) is 8.78 Å². The van der Waals surface area contributed by atoms with Gasteiger partial charge in [-0.2, -0.15) is 0 Å². The lowest BCUT2D eigenvalue weighted by atomic mass is 9.51. The SMILES string of the molecule is COc1cnc(C(F)F)cc1-c1cc(N2CC3(C2)CC(C)(C)C3)ncc1N=C1NNC(C#CC2CC2)S1. The predicted molar refractivity (Wildman–Crippen MR) is 142 cm³/mol. The third-order valence-electron chi connectivity index (χ3n) is 7.33. The lowest BCUT2D eigenvalue weighted by Crippen LogP contribution is -2.64. The molecule has 0 bridgehead atoms. The van der Waals surface area contributed by atoms with Crippen LogP contribution in [0.25, 0.3) is 11.1 Å². The van der Waals surface area contributed by atoms with Gasteiger partial charge in [0.25, 0.3) is 6.43 Å². The van der Waals surface area contributed by atoms with Gasteiger partial charge in [0.05, 0.1) is 25.2 Å². The van der Waals surface area contributed by atoms with Gasteiger partial charge in [0.15, 0.2) is 5.17 Å². The van der Waals surface area contributed by atoms with E-state index in [2.05, 4.69) is 46.4 Å². The van der Waals surface area contributed by atoms with Gasteiger partial charge in [-0.25, -0.2) is 24.2 Å². The number of rotatable bonds is 5. The summed E-state index contributed by atoms with van der Waals surface area (Å²) in [6, 6.07) is 3.32. The molecule has 10 heteroatoms. The number of aromatic nitrogens is 2. The lowest BCUT2D eigenvalue weighted by Gasteiger charge is -2.63. The van der Waals surface area contributed by atoms with Crippen molar-refractivity contribution in [1.29, 1.82) is 0 Å². The number of anilines is 1. The van der Waals surface area contributed by atoms with Crippen LogP contribution in [0.2, 0.25) is 0 Å². The monoisotopic (exact) mass is 524 g/mol. The Morgan fingerprint density at radius 1 is 1.14 bits per heavy atom. The van der Waals surface area contributed by atoms with Crippen molar-refractivity contribution in [3.05, 3.63) is 30.2 Å². The highest BCUT2D eigenvalue weighted by Gasteiger charge is 2.56. The van der Waals surface area contributed by atoms with Gasteiger partial charge in [0.1, 0.15) is 22.6 Å². The summed E-state index contributed by atoms with van der Waals surface area (Å²) in [6.45, 7) is 6.53. The van der Waals surface area contributed by atoms with Gasteiger partial charge in [-0.1, -0.05) is 37.5 Å². The average Bonchev–Trinajstić information content (AvgIpc) is 3.56. The summed E-state index contributed by atoms with van der Waals surface area (Å²) in [6.07, 6.45) is 5.13. The molecule has 0 aromatic carbocycles. The highest BCUT2D eigenvalue weighted by Crippen LogP contribution is 2.59. The fraction of sp³-hybridized carbons (Fsp3) is 0.519. The van der Waals surface area contributed by atoms with Crippen LogP contribution >= 0.6 is 11.8 Å². The maximum Gasteiger partial charge on any atom is 0.280 e. The third kappa shape index (κ3) is 4.99. The lowest BCUT2D eigenvalue weighted by molar-refractivity contribution is -0.0361. The smallest absolute Gasteiger partial charge is 0.280 e. The number of thioether (sulfide) groups is 1. The van der Waals surface area contributed by atoms with Crippen LogP contribution in [0.5, 0.6) is 5.75 Å². The molecule has 2 saturated heterocycles. The van der Waals surface area contributed by atoms with Gasteiger partial charge in [0.2, 0.25) is 0 Å². The summed E-state index contributed by atoms with van der Waals surface area (Å²) in [5.41, 5.74) is 8.43. The molecule has 2 aliphatic heterocycles. The molecule has 194 valence electrons. The second-order valence-corrected chi connectivity index (χ2v) is 12.4. The molecular weight excluding hydrogens is 494 g/mol. The topological polar surface area (TPSA) is 74.7 Å². The number of alkyl halides is 2. The fourth-order valence-corrected chi connectivity index (χ4v) is 6.68. The van der Waals surface area contributed by atoms with Crippen LogP contribution in [-0.2, 0) is 0 Å². The van der Waals surface area contributed by atoms with Crippen LogP contribution in [0.3, 0.4) is 0 Å². The zero-order valence-electron chi connectivity index (χ0n) is 21.1. The van der Waals surface area contributed by atoms with Crippen molar-refractivity contribution in [2.75, 3.05) is 25.1 Å². The van der Waals surface area contributed by atoms with Crippen molar-refractivity contribution in [1.82, 2.24) is 20.8 Å². The normalized spacial score (nSPS) is 24.3. The Kier molecular flexibility index (Phi) is 6.03. The number of hydrazine groups is 1. The Labute approximate surface area is 219 Å². The van der Waals surface area contributed by atoms with Crippen LogP contribution in [0, 0.1) is 28.6 Å². The number of nitrogens with zero attached hydrogens (tertiary/aromatic N) is 4. The molecular formula is C27H30F2N6OS. The van der Waals surface area contributed by atoms with Crippen LogP contribution in [-0.4, -0.2) is 40.7 Å². The average molecular weight is 525 g/mol. The molecule has 0 amide bonds. The summed E-state index contributed by atoms with van der Waals surface area (Å²) in [5, 5.41) is 0.549. The van der Waals surface area contributed by atoms with E-state index >= 15 is 0 Å². The number of methoxy groups -OCH3 is 1. The van der Waals surface area contributed by atoms with Gasteiger partial charge >= 0.3 is 0 Å². The Balaban J connectivity index is 1.33. The number of hydrogen-bond acceptors (Lipinski definition) is 7. The van der Waals surface area contributed by atoms with Crippen molar-refractivity contribution in [3.63, 3.8) is 0 Å². The summed E-state index contributed by atoms with van der Waals surface area (Å²) in [5.74, 6) is 8.23. The van der Waals surface area contributed by atoms with E-state index in [4.69, 9.17) is 14.7 Å². The molecule has 4 aliphatic rings. The van der Waals surface area contributed by atoms with E-state index in [0.29, 0.717) is 44.5 Å². The summed E-state index contributed by atoms with van der Waals surface area (Å²) >= 11 is 1.49. The molecule has 1 atom stereocenters. The molecule has 2 N–H and O–H groups in total. The van der Waals surface area contributed by atoms with Crippen LogP contribution in [0.15, 0.2) is 29.5 Å². The van der Waals surface area contributed by atoms with E-state index in [-0.39, 0.29) is 11.1 Å². The van der Waals surface area contributed by atoms with Crippen molar-refractivity contribution < 1.29 is 13.5 Å². The second kappa shape index (κ2) is 9.14. The number of amidine groups is 1. The van der Waals surface area contributed by atoms with Gasteiger partial charge < -0.3 is 9.64 Å². The summed E-state index contributed by atoms with van der Waals surface area (Å²) in [4.78, 5) is 15.6. The summed E-state index contributed by atoms with van der Waals surface area (Å²) in [7, 11) is 1.51. The molecule has 1 unspecified atom stereocenters. The molecule has 4 heterocycles. The number of nitrogens with one attached hydrogen (secondary N) is 2. The van der Waals surface area contributed by atoms with E-state index in [0.717, 1.165) is 18.9 Å². The maximum atomic E-state index is 13.6. The van der Waals surface area contributed by atoms with Crippen LogP contribution < -0.4 is 20.5 Å². The minimum absolute atomic E-state index is 0.0973. The summed E-state index contributed by atoms with van der Waals surface area (Å²) < 4.78 is 32.7. The fourth-order valence-electron chi connectivity index (χ4n) is 5.94. The number of ether oxygens (including phenoxy) is 1. The van der Waals surface area contributed by atoms with Gasteiger partial charge in [-0.05, 0) is 43.2 Å². The van der Waals surface area contributed by atoms with E-state index < -0.39 is 6.43 Å². The molecule has 1 spiro atoms. The van der Waals surface area contributed by atoms with Crippen molar-refractivity contribution >= 4 is 28.4 Å². The molecule has 2 saturated carbocycles.